The molecular formula is C12H21F3O. The summed E-state index contributed by atoms with van der Waals surface area (Å²) >= 11 is 0. The molecule has 0 radical (unpaired) electrons. The van der Waals surface area contributed by atoms with Crippen molar-refractivity contribution in [2.45, 2.75) is 64.1 Å². The van der Waals surface area contributed by atoms with Gasteiger partial charge in [0, 0.05) is 0 Å². The van der Waals surface area contributed by atoms with Crippen molar-refractivity contribution in [1.82, 2.24) is 0 Å². The highest BCUT2D eigenvalue weighted by atomic mass is 19.4. The summed E-state index contributed by atoms with van der Waals surface area (Å²) in [5.41, 5.74) is -0.841. The monoisotopic (exact) mass is 238 g/mol. The number of aliphatic hydroxyl groups is 1. The summed E-state index contributed by atoms with van der Waals surface area (Å²) in [4.78, 5) is 0. The van der Waals surface area contributed by atoms with Gasteiger partial charge in [0.1, 0.15) is 0 Å². The van der Waals surface area contributed by atoms with Crippen LogP contribution in [0.15, 0.2) is 0 Å². The molecule has 1 N–H and O–H groups in total. The van der Waals surface area contributed by atoms with Crippen LogP contribution >= 0.6 is 0 Å². The zero-order chi connectivity index (χ0) is 12.4. The van der Waals surface area contributed by atoms with Gasteiger partial charge < -0.3 is 5.11 Å². The molecule has 0 aromatic rings. The summed E-state index contributed by atoms with van der Waals surface area (Å²) in [5.74, 6) is -0.712. The van der Waals surface area contributed by atoms with Crippen LogP contribution in [0.3, 0.4) is 0 Å². The van der Waals surface area contributed by atoms with Gasteiger partial charge in [-0.2, -0.15) is 13.2 Å². The highest BCUT2D eigenvalue weighted by Gasteiger charge is 2.44. The molecule has 1 nitrogen and oxygen atoms in total. The molecule has 0 aromatic carbocycles. The van der Waals surface area contributed by atoms with Crippen LogP contribution in [0, 0.1) is 11.8 Å². The Morgan fingerprint density at radius 3 is 2.12 bits per heavy atom. The predicted octanol–water partition coefficient (Wildman–Crippen LogP) is 3.91. The first-order valence-corrected chi connectivity index (χ1v) is 6.02. The van der Waals surface area contributed by atoms with E-state index in [0.717, 1.165) is 6.42 Å². The summed E-state index contributed by atoms with van der Waals surface area (Å²) in [6, 6.07) is 0. The number of halogens is 3. The van der Waals surface area contributed by atoms with Gasteiger partial charge in [0.25, 0.3) is 0 Å². The Morgan fingerprint density at radius 2 is 1.75 bits per heavy atom. The molecule has 1 saturated carbocycles. The molecule has 0 aliphatic heterocycles. The van der Waals surface area contributed by atoms with E-state index in [1.165, 1.54) is 0 Å². The first-order valence-electron chi connectivity index (χ1n) is 6.02. The standard InChI is InChI=1S/C12H21F3O/c1-9(2)3-6-11(16)7-4-10(5-8-11)12(13,14)15/h9-10,16H,3-8H2,1-2H3. The molecule has 96 valence electrons. The van der Waals surface area contributed by atoms with Gasteiger partial charge in [-0.05, 0) is 44.4 Å². The van der Waals surface area contributed by atoms with E-state index in [1.54, 1.807) is 0 Å². The molecule has 0 atom stereocenters. The van der Waals surface area contributed by atoms with Crippen molar-refractivity contribution in [2.24, 2.45) is 11.8 Å². The SMILES string of the molecule is CC(C)CCC1(O)CCC(C(F)(F)F)CC1. The molecule has 0 spiro atoms. The lowest BCUT2D eigenvalue weighted by Crippen LogP contribution is -2.38. The third-order valence-electron chi connectivity index (χ3n) is 3.57. The second-order valence-electron chi connectivity index (χ2n) is 5.47. The average Bonchev–Trinajstić information content (AvgIpc) is 2.14. The fourth-order valence-electron chi connectivity index (χ4n) is 2.29. The van der Waals surface area contributed by atoms with Gasteiger partial charge in [-0.3, -0.25) is 0 Å². The van der Waals surface area contributed by atoms with Gasteiger partial charge in [-0.1, -0.05) is 13.8 Å². The van der Waals surface area contributed by atoms with Gasteiger partial charge in [-0.25, -0.2) is 0 Å². The van der Waals surface area contributed by atoms with Crippen LogP contribution < -0.4 is 0 Å². The number of hydrogen-bond acceptors (Lipinski definition) is 1. The van der Waals surface area contributed by atoms with E-state index < -0.39 is 17.7 Å². The molecule has 0 unspecified atom stereocenters. The number of hydrogen-bond donors (Lipinski definition) is 1. The van der Waals surface area contributed by atoms with Crippen LogP contribution in [0.5, 0.6) is 0 Å². The highest BCUT2D eigenvalue weighted by Crippen LogP contribution is 2.42. The predicted molar refractivity (Wildman–Crippen MR) is 57.0 cm³/mol. The first kappa shape index (κ1) is 13.8. The van der Waals surface area contributed by atoms with E-state index in [-0.39, 0.29) is 12.8 Å². The van der Waals surface area contributed by atoms with Crippen LogP contribution in [0.25, 0.3) is 0 Å². The zero-order valence-corrected chi connectivity index (χ0v) is 9.98. The molecule has 0 bridgehead atoms. The summed E-state index contributed by atoms with van der Waals surface area (Å²) in [6.07, 6.45) is -1.81. The Kier molecular flexibility index (Phi) is 4.27. The molecule has 0 saturated heterocycles. The van der Waals surface area contributed by atoms with Gasteiger partial charge in [0.15, 0.2) is 0 Å². The van der Waals surface area contributed by atoms with Crippen molar-refractivity contribution in [3.8, 4) is 0 Å². The van der Waals surface area contributed by atoms with Crippen molar-refractivity contribution in [3.63, 3.8) is 0 Å². The smallest absolute Gasteiger partial charge is 0.390 e. The van der Waals surface area contributed by atoms with Gasteiger partial charge in [0.2, 0.25) is 0 Å². The molecule has 1 aliphatic rings. The lowest BCUT2D eigenvalue weighted by Gasteiger charge is -2.37. The topological polar surface area (TPSA) is 20.2 Å². The van der Waals surface area contributed by atoms with Crippen LogP contribution in [0.4, 0.5) is 13.2 Å². The van der Waals surface area contributed by atoms with Crippen LogP contribution in [-0.4, -0.2) is 16.9 Å². The van der Waals surface area contributed by atoms with E-state index in [9.17, 15) is 18.3 Å². The van der Waals surface area contributed by atoms with Crippen LogP contribution in [0.2, 0.25) is 0 Å². The fraction of sp³-hybridized carbons (Fsp3) is 1.00. The van der Waals surface area contributed by atoms with E-state index in [4.69, 9.17) is 0 Å². The van der Waals surface area contributed by atoms with Crippen molar-refractivity contribution in [1.29, 1.82) is 0 Å². The average molecular weight is 238 g/mol. The molecule has 1 fully saturated rings. The molecular weight excluding hydrogens is 217 g/mol. The zero-order valence-electron chi connectivity index (χ0n) is 9.98. The number of rotatable bonds is 3. The van der Waals surface area contributed by atoms with Crippen molar-refractivity contribution >= 4 is 0 Å². The third kappa shape index (κ3) is 3.96. The normalized spacial score (nSPS) is 32.1. The van der Waals surface area contributed by atoms with Crippen molar-refractivity contribution < 1.29 is 18.3 Å². The molecule has 0 amide bonds. The minimum atomic E-state index is -4.08. The minimum Gasteiger partial charge on any atom is -0.390 e. The Labute approximate surface area is 95.0 Å². The number of alkyl halides is 3. The maximum absolute atomic E-state index is 12.4. The largest absolute Gasteiger partial charge is 0.391 e. The van der Waals surface area contributed by atoms with Crippen LogP contribution in [-0.2, 0) is 0 Å². The lowest BCUT2D eigenvalue weighted by atomic mass is 9.75. The van der Waals surface area contributed by atoms with E-state index in [1.807, 2.05) is 0 Å². The highest BCUT2D eigenvalue weighted by molar-refractivity contribution is 4.87. The van der Waals surface area contributed by atoms with Crippen molar-refractivity contribution in [3.05, 3.63) is 0 Å². The molecule has 0 aromatic heterocycles. The van der Waals surface area contributed by atoms with Gasteiger partial charge in [-0.15, -0.1) is 0 Å². The fourth-order valence-corrected chi connectivity index (χ4v) is 2.29. The lowest BCUT2D eigenvalue weighted by molar-refractivity contribution is -0.192. The maximum atomic E-state index is 12.4. The second-order valence-corrected chi connectivity index (χ2v) is 5.47. The minimum absolute atomic E-state index is 0.0814. The van der Waals surface area contributed by atoms with E-state index >= 15 is 0 Å². The molecule has 0 heterocycles. The summed E-state index contributed by atoms with van der Waals surface area (Å²) in [6.45, 7) is 4.12. The third-order valence-corrected chi connectivity index (χ3v) is 3.57. The second kappa shape index (κ2) is 4.94. The van der Waals surface area contributed by atoms with Gasteiger partial charge >= 0.3 is 6.18 Å². The molecule has 16 heavy (non-hydrogen) atoms. The Bertz CT molecular complexity index is 215. The Morgan fingerprint density at radius 1 is 1.25 bits per heavy atom. The van der Waals surface area contributed by atoms with Crippen molar-refractivity contribution in [2.75, 3.05) is 0 Å². The summed E-state index contributed by atoms with van der Waals surface area (Å²) < 4.78 is 37.3. The quantitative estimate of drug-likeness (QED) is 0.790. The summed E-state index contributed by atoms with van der Waals surface area (Å²) in [5, 5.41) is 10.1. The first-order chi connectivity index (χ1) is 7.23. The molecule has 1 aliphatic carbocycles. The Balaban J connectivity index is 2.41. The molecule has 1 rings (SSSR count). The van der Waals surface area contributed by atoms with E-state index in [0.29, 0.717) is 25.2 Å². The Hall–Kier alpha value is -0.250. The summed E-state index contributed by atoms with van der Waals surface area (Å²) in [7, 11) is 0. The van der Waals surface area contributed by atoms with E-state index in [2.05, 4.69) is 13.8 Å². The maximum Gasteiger partial charge on any atom is 0.391 e. The van der Waals surface area contributed by atoms with Gasteiger partial charge in [0.05, 0.1) is 11.5 Å². The van der Waals surface area contributed by atoms with Crippen LogP contribution in [0.1, 0.15) is 52.4 Å². The molecule has 4 heteroatoms.